The molecule has 12 nitrogen and oxygen atoms in total. The minimum atomic E-state index is -4.91. The zero-order valence-corrected chi connectivity index (χ0v) is 25.8. The molecular weight excluding hydrogens is 610 g/mol. The molecule has 2 aromatic rings. The molecule has 0 amide bonds. The molecule has 14 heteroatoms. The summed E-state index contributed by atoms with van der Waals surface area (Å²) in [6.07, 6.45) is 3.99. The average Bonchev–Trinajstić information content (AvgIpc) is 2.96. The van der Waals surface area contributed by atoms with Crippen molar-refractivity contribution >= 4 is 36.7 Å². The van der Waals surface area contributed by atoms with Crippen LogP contribution in [0, 0.1) is 17.8 Å². The molecule has 2 aromatic carbocycles. The molecule has 0 radical (unpaired) electrons. The molecule has 234 valence electrons. The molecule has 5 rings (SSSR count). The maximum absolute atomic E-state index is 14.0. The number of benzene rings is 2. The van der Waals surface area contributed by atoms with Crippen LogP contribution in [0.5, 0.6) is 0 Å². The number of fused-ring (bicyclic) bond motifs is 1. The predicted octanol–water partition coefficient (Wildman–Crippen LogP) is 3.78. The molecule has 44 heavy (non-hydrogen) atoms. The lowest BCUT2D eigenvalue weighted by molar-refractivity contribution is -0.181. The van der Waals surface area contributed by atoms with Crippen molar-refractivity contribution < 1.29 is 40.9 Å². The Morgan fingerprint density at radius 2 is 1.80 bits per heavy atom. The Kier molecular flexibility index (Phi) is 7.99. The fraction of sp³-hybridized carbons (Fsp3) is 0.333. The van der Waals surface area contributed by atoms with Crippen LogP contribution in [0.4, 0.5) is 10.5 Å². The second-order valence-corrected chi connectivity index (χ2v) is 14.7. The molecule has 0 aromatic heterocycles. The molecule has 0 spiro atoms. The second-order valence-electron chi connectivity index (χ2n) is 11.5. The number of carbonyl (C=O) groups is 2. The number of allylic oxidation sites excluding steroid dienone is 2. The quantitative estimate of drug-likeness (QED) is 0.202. The molecule has 0 saturated heterocycles. The fourth-order valence-corrected chi connectivity index (χ4v) is 8.36. The summed E-state index contributed by atoms with van der Waals surface area (Å²) < 4.78 is 66.4. The van der Waals surface area contributed by atoms with Crippen LogP contribution < -0.4 is 11.1 Å². The number of hydroxylamine groups is 2. The highest BCUT2D eigenvalue weighted by molar-refractivity contribution is 8.05. The van der Waals surface area contributed by atoms with E-state index in [1.165, 1.54) is 25.1 Å². The van der Waals surface area contributed by atoms with Crippen molar-refractivity contribution in [2.24, 2.45) is 23.5 Å². The highest BCUT2D eigenvalue weighted by Crippen LogP contribution is 2.50. The van der Waals surface area contributed by atoms with Crippen molar-refractivity contribution in [3.63, 3.8) is 0 Å². The van der Waals surface area contributed by atoms with Crippen molar-refractivity contribution in [3.8, 4) is 0 Å². The number of nitrogens with zero attached hydrogens (tertiary/aromatic N) is 1. The topological polar surface area (TPSA) is 193 Å². The Bertz CT molecular complexity index is 1840. The standard InChI is InChI=1S/C30H33N3O9S2/c1-17-9-8-14-30(3)23(17)27(34)22-24(31)28(44(39,40)41)18(2)25(26(22)33(30)36)32-20-12-7-13-21(15-20)43(37,38)29(35)42-16-19-10-5-4-6-11-19/h4-13,15,17-18,23,25,32,36H,14,16,31H2,1-3H3,(H,39,40,41). The summed E-state index contributed by atoms with van der Waals surface area (Å²) in [7, 11) is -9.52. The van der Waals surface area contributed by atoms with E-state index >= 15 is 0 Å². The van der Waals surface area contributed by atoms with Crippen LogP contribution in [0.2, 0.25) is 0 Å². The average molecular weight is 644 g/mol. The highest BCUT2D eigenvalue weighted by Gasteiger charge is 2.57. The number of nitrogens with one attached hydrogen (secondary N) is 1. The van der Waals surface area contributed by atoms with E-state index in [-0.39, 0.29) is 29.5 Å². The van der Waals surface area contributed by atoms with Gasteiger partial charge in [0.05, 0.1) is 39.4 Å². The lowest BCUT2D eigenvalue weighted by atomic mass is 9.64. The van der Waals surface area contributed by atoms with E-state index in [1.807, 2.05) is 12.2 Å². The predicted molar refractivity (Wildman–Crippen MR) is 160 cm³/mol. The molecule has 5 unspecified atom stereocenters. The maximum atomic E-state index is 14.0. The number of sulfone groups is 1. The van der Waals surface area contributed by atoms with Gasteiger partial charge in [0.25, 0.3) is 20.0 Å². The lowest BCUT2D eigenvalue weighted by Gasteiger charge is -2.54. The van der Waals surface area contributed by atoms with Crippen LogP contribution in [-0.2, 0) is 36.1 Å². The molecule has 3 aliphatic rings. The third-order valence-corrected chi connectivity index (χ3v) is 11.1. The molecule has 5 N–H and O–H groups in total. The van der Waals surface area contributed by atoms with E-state index < -0.39 is 70.0 Å². The van der Waals surface area contributed by atoms with Gasteiger partial charge in [0, 0.05) is 11.6 Å². The SMILES string of the molecule is CC1C=CCC2(C)C1C(=O)C1=C(C(Nc3cccc(S(=O)(=O)C(=O)OCc4ccccc4)c3)C(C)C(S(=O)(=O)O)=C1N)N2O. The number of nitrogens with two attached hydrogens (primary N) is 1. The summed E-state index contributed by atoms with van der Waals surface area (Å²) >= 11 is 0. The summed E-state index contributed by atoms with van der Waals surface area (Å²) in [5.41, 5.74) is 5.16. The van der Waals surface area contributed by atoms with E-state index in [0.717, 1.165) is 11.1 Å². The number of anilines is 1. The number of Topliss-reactive ketones (excluding diaryl/α,β-unsaturated/α-hetero) is 1. The van der Waals surface area contributed by atoms with Crippen LogP contribution in [-0.4, -0.2) is 54.3 Å². The fourth-order valence-electron chi connectivity index (χ4n) is 6.43. The van der Waals surface area contributed by atoms with Gasteiger partial charge in [-0.1, -0.05) is 62.4 Å². The number of carbonyl (C=O) groups excluding carboxylic acids is 2. The molecule has 2 aliphatic carbocycles. The number of ketones is 1. The van der Waals surface area contributed by atoms with E-state index in [1.54, 1.807) is 44.2 Å². The summed E-state index contributed by atoms with van der Waals surface area (Å²) in [6, 6.07) is 12.6. The number of rotatable bonds is 6. The van der Waals surface area contributed by atoms with E-state index in [9.17, 15) is 36.2 Å². The van der Waals surface area contributed by atoms with Crippen molar-refractivity contribution in [3.05, 3.63) is 94.2 Å². The van der Waals surface area contributed by atoms with Crippen LogP contribution in [0.25, 0.3) is 0 Å². The molecular formula is C30H33N3O9S2. The number of ether oxygens (including phenoxy) is 1. The first-order valence-electron chi connectivity index (χ1n) is 13.8. The first kappa shape index (κ1) is 31.4. The second kappa shape index (κ2) is 11.2. The van der Waals surface area contributed by atoms with Crippen molar-refractivity contribution in [2.75, 3.05) is 5.32 Å². The van der Waals surface area contributed by atoms with Crippen LogP contribution in [0.1, 0.15) is 32.8 Å². The third kappa shape index (κ3) is 5.21. The Balaban J connectivity index is 1.54. The Morgan fingerprint density at radius 1 is 1.11 bits per heavy atom. The number of hydrogen-bond acceptors (Lipinski definition) is 11. The Morgan fingerprint density at radius 3 is 2.45 bits per heavy atom. The molecule has 0 saturated carbocycles. The number of hydrogen-bond donors (Lipinski definition) is 4. The van der Waals surface area contributed by atoms with Crippen molar-refractivity contribution in [1.29, 1.82) is 0 Å². The van der Waals surface area contributed by atoms with Crippen molar-refractivity contribution in [2.45, 2.75) is 50.3 Å². The lowest BCUT2D eigenvalue weighted by Crippen LogP contribution is -2.62. The monoisotopic (exact) mass is 643 g/mol. The van der Waals surface area contributed by atoms with Gasteiger partial charge in [-0.2, -0.15) is 8.42 Å². The van der Waals surface area contributed by atoms with Gasteiger partial charge in [0.1, 0.15) is 11.5 Å². The minimum absolute atomic E-state index is 0.0100. The van der Waals surface area contributed by atoms with Gasteiger partial charge in [-0.15, -0.1) is 0 Å². The van der Waals surface area contributed by atoms with Gasteiger partial charge in [-0.05, 0) is 43.0 Å². The molecule has 1 heterocycles. The highest BCUT2D eigenvalue weighted by atomic mass is 32.2. The minimum Gasteiger partial charge on any atom is -0.449 e. The normalized spacial score (nSPS) is 27.1. The maximum Gasteiger partial charge on any atom is 0.429 e. The van der Waals surface area contributed by atoms with Crippen LogP contribution >= 0.6 is 0 Å². The van der Waals surface area contributed by atoms with Gasteiger partial charge < -0.3 is 15.8 Å². The molecule has 1 aliphatic heterocycles. The first-order valence-corrected chi connectivity index (χ1v) is 16.8. The van der Waals surface area contributed by atoms with Crippen LogP contribution in [0.15, 0.2) is 93.5 Å². The van der Waals surface area contributed by atoms with Crippen molar-refractivity contribution in [1.82, 2.24) is 5.06 Å². The smallest absolute Gasteiger partial charge is 0.429 e. The van der Waals surface area contributed by atoms with Gasteiger partial charge in [0.2, 0.25) is 0 Å². The van der Waals surface area contributed by atoms with E-state index in [0.29, 0.717) is 12.0 Å². The van der Waals surface area contributed by atoms with E-state index in [2.05, 4.69) is 5.32 Å². The summed E-state index contributed by atoms with van der Waals surface area (Å²) in [6.45, 7) is 4.70. The van der Waals surface area contributed by atoms with Crippen LogP contribution in [0.3, 0.4) is 0 Å². The molecule has 0 fully saturated rings. The summed E-state index contributed by atoms with van der Waals surface area (Å²) in [5.74, 6) is -2.71. The van der Waals surface area contributed by atoms with Gasteiger partial charge in [-0.3, -0.25) is 19.6 Å². The largest absolute Gasteiger partial charge is 0.449 e. The van der Waals surface area contributed by atoms with Gasteiger partial charge in [0.15, 0.2) is 5.78 Å². The molecule has 0 bridgehead atoms. The summed E-state index contributed by atoms with van der Waals surface area (Å²) in [4.78, 5) is 25.6. The zero-order valence-electron chi connectivity index (χ0n) is 24.2. The Labute approximate surface area is 255 Å². The Hall–Kier alpha value is -3.98. The van der Waals surface area contributed by atoms with E-state index in [4.69, 9.17) is 10.5 Å². The first-order chi connectivity index (χ1) is 20.6. The summed E-state index contributed by atoms with van der Waals surface area (Å²) in [5, 5.41) is 14.2. The zero-order chi connectivity index (χ0) is 32.2. The van der Waals surface area contributed by atoms with Gasteiger partial charge >= 0.3 is 5.30 Å². The molecule has 5 atom stereocenters. The van der Waals surface area contributed by atoms with Gasteiger partial charge in [-0.25, -0.2) is 13.2 Å². The third-order valence-electron chi connectivity index (χ3n) is 8.57.